The number of benzene rings is 9. The SMILES string of the molecule is Bc1c(B)c(B)c(N(c2cccc(-c3cccc4oc5c6ccccc6ccc5c34)c2)c2c(B)c(B)c(-c3cc4ccccc4c4ccccc34)c(B)c2B)c(B)c1B. The summed E-state index contributed by atoms with van der Waals surface area (Å²) in [6.07, 6.45) is 0. The largest absolute Gasteiger partial charge is 0.455 e. The second-order valence-corrected chi connectivity index (χ2v) is 16.7. The maximum Gasteiger partial charge on any atom is 0.143 e. The fourth-order valence-electron chi connectivity index (χ4n) is 10.1. The minimum Gasteiger partial charge on any atom is -0.455 e. The number of rotatable bonds is 5. The molecule has 0 bridgehead atoms. The highest BCUT2D eigenvalue weighted by Crippen LogP contribution is 2.41. The van der Waals surface area contributed by atoms with Gasteiger partial charge in [0.1, 0.15) is 81.8 Å². The highest BCUT2D eigenvalue weighted by atomic mass is 16.3. The van der Waals surface area contributed by atoms with E-state index in [0.29, 0.717) is 0 Å². The molecule has 2 nitrogen and oxygen atoms in total. The Kier molecular flexibility index (Phi) is 8.87. The van der Waals surface area contributed by atoms with Crippen LogP contribution >= 0.6 is 0 Å². The molecule has 11 heteroatoms. The molecule has 0 aliphatic carbocycles. The van der Waals surface area contributed by atoms with Crippen molar-refractivity contribution in [1.29, 1.82) is 0 Å². The maximum absolute atomic E-state index is 6.66. The van der Waals surface area contributed by atoms with E-state index in [9.17, 15) is 0 Å². The van der Waals surface area contributed by atoms with Crippen LogP contribution in [0.15, 0.2) is 138 Å². The van der Waals surface area contributed by atoms with Crippen LogP contribution in [0.3, 0.4) is 0 Å². The second-order valence-electron chi connectivity index (χ2n) is 16.7. The van der Waals surface area contributed by atoms with Crippen LogP contribution in [0.1, 0.15) is 0 Å². The first-order chi connectivity index (χ1) is 28.5. The van der Waals surface area contributed by atoms with Gasteiger partial charge in [0.15, 0.2) is 0 Å². The van der Waals surface area contributed by atoms with Crippen molar-refractivity contribution < 1.29 is 4.42 Å². The molecule has 10 rings (SSSR count). The number of furan rings is 1. The summed E-state index contributed by atoms with van der Waals surface area (Å²) < 4.78 is 6.66. The van der Waals surface area contributed by atoms with Crippen LogP contribution in [0.25, 0.3) is 76.5 Å². The number of fused-ring (bicyclic) bond motifs is 8. The summed E-state index contributed by atoms with van der Waals surface area (Å²) in [7, 11) is 20.8. The predicted molar refractivity (Wildman–Crippen MR) is 285 cm³/mol. The summed E-state index contributed by atoms with van der Waals surface area (Å²) in [6, 6.07) is 48.7. The van der Waals surface area contributed by atoms with E-state index in [1.165, 1.54) is 104 Å². The molecule has 0 amide bonds. The Morgan fingerprint density at radius 2 is 0.932 bits per heavy atom. The Balaban J connectivity index is 1.24. The standard InChI is InChI=1S/C48H40B9NO/c49-37-36(33-22-25-10-2-3-13-27(25)30-15-5-6-16-31(30)33)38(50)43(55)46(42(37)54)58(47-44(56)40(52)39(51)41(53)45(47)57)26-12-7-11-24(21-26)28-17-8-18-34-35(28)32-20-19-23-9-1-4-14-29(23)48(32)59-34/h1-22H,49-57H2. The number of hydrogen-bond acceptors (Lipinski definition) is 2. The number of hydrogen-bond donors (Lipinski definition) is 0. The molecule has 270 valence electrons. The summed E-state index contributed by atoms with van der Waals surface area (Å²) in [5.74, 6) is 0. The highest BCUT2D eigenvalue weighted by molar-refractivity contribution is 6.69. The average molecular weight is 744 g/mol. The van der Waals surface area contributed by atoms with Crippen molar-refractivity contribution >= 4 is 191 Å². The van der Waals surface area contributed by atoms with Crippen molar-refractivity contribution in [2.24, 2.45) is 0 Å². The lowest BCUT2D eigenvalue weighted by Crippen LogP contribution is -2.57. The molecule has 0 fully saturated rings. The minimum absolute atomic E-state index is 0.905. The molecule has 0 unspecified atom stereocenters. The van der Waals surface area contributed by atoms with Gasteiger partial charge in [0.05, 0.1) is 0 Å². The van der Waals surface area contributed by atoms with E-state index in [0.717, 1.165) is 38.6 Å². The molecule has 59 heavy (non-hydrogen) atoms. The van der Waals surface area contributed by atoms with Gasteiger partial charge in [0.25, 0.3) is 0 Å². The first-order valence-corrected chi connectivity index (χ1v) is 20.9. The van der Waals surface area contributed by atoms with Crippen LogP contribution in [-0.4, -0.2) is 70.6 Å². The zero-order valence-corrected chi connectivity index (χ0v) is 35.6. The van der Waals surface area contributed by atoms with Crippen LogP contribution in [0, 0.1) is 0 Å². The van der Waals surface area contributed by atoms with Crippen LogP contribution in [0.4, 0.5) is 17.1 Å². The summed E-state index contributed by atoms with van der Waals surface area (Å²) in [5, 5.41) is 9.76. The zero-order chi connectivity index (χ0) is 40.9. The Hall–Kier alpha value is -6.06. The van der Waals surface area contributed by atoms with Gasteiger partial charge in [-0.15, -0.1) is 5.46 Å². The molecule has 0 aliphatic rings. The van der Waals surface area contributed by atoms with Crippen molar-refractivity contribution in [3.63, 3.8) is 0 Å². The summed E-state index contributed by atoms with van der Waals surface area (Å²) in [6.45, 7) is 0. The van der Waals surface area contributed by atoms with Gasteiger partial charge in [-0.05, 0) is 79.5 Å². The van der Waals surface area contributed by atoms with E-state index < -0.39 is 0 Å². The molecule has 0 saturated carbocycles. The van der Waals surface area contributed by atoms with E-state index in [1.54, 1.807) is 0 Å². The van der Waals surface area contributed by atoms with Gasteiger partial charge in [-0.3, -0.25) is 0 Å². The highest BCUT2D eigenvalue weighted by Gasteiger charge is 2.27. The van der Waals surface area contributed by atoms with Crippen molar-refractivity contribution in [1.82, 2.24) is 0 Å². The molecule has 1 aromatic heterocycles. The first-order valence-electron chi connectivity index (χ1n) is 20.9. The van der Waals surface area contributed by atoms with Gasteiger partial charge >= 0.3 is 0 Å². The van der Waals surface area contributed by atoms with Crippen LogP contribution in [0.2, 0.25) is 0 Å². The van der Waals surface area contributed by atoms with Crippen LogP contribution in [-0.2, 0) is 0 Å². The third kappa shape index (κ3) is 5.61. The number of nitrogens with zero attached hydrogens (tertiary/aromatic N) is 1. The lowest BCUT2D eigenvalue weighted by atomic mass is 9.61. The summed E-state index contributed by atoms with van der Waals surface area (Å²) in [4.78, 5) is 2.58. The fraction of sp³-hybridized carbons (Fsp3) is 0. The van der Waals surface area contributed by atoms with Gasteiger partial charge in [0.2, 0.25) is 0 Å². The minimum atomic E-state index is 0.905. The molecular formula is C48H40B9NO. The molecule has 9 aromatic carbocycles. The average Bonchev–Trinajstić information content (AvgIpc) is 3.66. The van der Waals surface area contributed by atoms with E-state index in [1.807, 2.05) is 0 Å². The molecular weight excluding hydrogens is 704 g/mol. The molecule has 0 radical (unpaired) electrons. The van der Waals surface area contributed by atoms with E-state index in [-0.39, 0.29) is 0 Å². The Morgan fingerprint density at radius 3 is 1.63 bits per heavy atom. The topological polar surface area (TPSA) is 16.4 Å². The monoisotopic (exact) mass is 745 g/mol. The summed E-state index contributed by atoms with van der Waals surface area (Å²) in [5.41, 5.74) is 22.3. The molecule has 1 heterocycles. The zero-order valence-electron chi connectivity index (χ0n) is 35.6. The molecule has 10 aromatic rings. The third-order valence-corrected chi connectivity index (χ3v) is 13.8. The molecule has 0 atom stereocenters. The van der Waals surface area contributed by atoms with Crippen molar-refractivity contribution in [2.45, 2.75) is 0 Å². The van der Waals surface area contributed by atoms with E-state index in [2.05, 4.69) is 209 Å². The first kappa shape index (κ1) is 37.2. The molecule has 0 N–H and O–H groups in total. The Labute approximate surface area is 354 Å². The molecule has 0 spiro atoms. The van der Waals surface area contributed by atoms with Gasteiger partial charge in [0, 0.05) is 33.2 Å². The van der Waals surface area contributed by atoms with Gasteiger partial charge in [-0.2, -0.15) is 0 Å². The van der Waals surface area contributed by atoms with Gasteiger partial charge in [-0.25, -0.2) is 0 Å². The van der Waals surface area contributed by atoms with Crippen LogP contribution in [0.5, 0.6) is 0 Å². The molecule has 0 saturated heterocycles. The lowest BCUT2D eigenvalue weighted by Gasteiger charge is -2.36. The second kappa shape index (κ2) is 14.1. The Bertz CT molecular complexity index is 3350. The van der Waals surface area contributed by atoms with Crippen molar-refractivity contribution in [3.05, 3.63) is 133 Å². The maximum atomic E-state index is 6.66. The molecule has 0 aliphatic heterocycles. The predicted octanol–water partition coefficient (Wildman–Crippen LogP) is -1.82. The van der Waals surface area contributed by atoms with Crippen molar-refractivity contribution in [3.8, 4) is 22.3 Å². The van der Waals surface area contributed by atoms with Gasteiger partial charge < -0.3 is 9.32 Å². The lowest BCUT2D eigenvalue weighted by molar-refractivity contribution is 0.673. The van der Waals surface area contributed by atoms with Gasteiger partial charge in [-0.1, -0.05) is 147 Å². The number of anilines is 3. The van der Waals surface area contributed by atoms with Crippen molar-refractivity contribution in [2.75, 3.05) is 4.90 Å². The van der Waals surface area contributed by atoms with Crippen LogP contribution < -0.4 is 54.1 Å². The van der Waals surface area contributed by atoms with E-state index >= 15 is 0 Å². The normalized spacial score (nSPS) is 11.7. The smallest absolute Gasteiger partial charge is 0.143 e. The third-order valence-electron chi connectivity index (χ3n) is 13.8. The Morgan fingerprint density at radius 1 is 0.373 bits per heavy atom. The van der Waals surface area contributed by atoms with E-state index in [4.69, 9.17) is 4.42 Å². The summed E-state index contributed by atoms with van der Waals surface area (Å²) >= 11 is 0. The fourth-order valence-corrected chi connectivity index (χ4v) is 10.1. The quantitative estimate of drug-likeness (QED) is 0.153.